The second-order valence-corrected chi connectivity index (χ2v) is 2.85. The van der Waals surface area contributed by atoms with Crippen LogP contribution in [0.1, 0.15) is 20.8 Å². The molecule has 0 spiro atoms. The van der Waals surface area contributed by atoms with Gasteiger partial charge < -0.3 is 0 Å². The Morgan fingerprint density at radius 3 is 2.92 bits per heavy atom. The van der Waals surface area contributed by atoms with Gasteiger partial charge in [-0.2, -0.15) is 10.0 Å². The van der Waals surface area contributed by atoms with Crippen molar-refractivity contribution in [2.75, 3.05) is 13.7 Å². The van der Waals surface area contributed by atoms with Gasteiger partial charge in [0.25, 0.3) is 0 Å². The van der Waals surface area contributed by atoms with Crippen molar-refractivity contribution in [3.63, 3.8) is 0 Å². The molecule has 4 nitrogen and oxygen atoms in total. The molecule has 0 N–H and O–H groups in total. The van der Waals surface area contributed by atoms with Crippen LogP contribution in [-0.4, -0.2) is 30.0 Å². The first kappa shape index (κ1) is 9.51. The third-order valence-electron chi connectivity index (χ3n) is 1.79. The number of rotatable bonds is 2. The van der Waals surface area contributed by atoms with Gasteiger partial charge in [-0.15, -0.1) is 5.23 Å². The van der Waals surface area contributed by atoms with Crippen LogP contribution < -0.4 is 0 Å². The molecular formula is C8H16N2O2. The predicted molar refractivity (Wildman–Crippen MR) is 45.5 cm³/mol. The fraction of sp³-hybridized carbons (Fsp3) is 0.750. The molecule has 1 aliphatic heterocycles. The van der Waals surface area contributed by atoms with Gasteiger partial charge in [-0.1, -0.05) is 0 Å². The lowest BCUT2D eigenvalue weighted by atomic mass is 10.3. The van der Waals surface area contributed by atoms with E-state index >= 15 is 0 Å². The van der Waals surface area contributed by atoms with Gasteiger partial charge in [0.1, 0.15) is 0 Å². The zero-order valence-corrected chi connectivity index (χ0v) is 8.07. The summed E-state index contributed by atoms with van der Waals surface area (Å²) >= 11 is 0. The van der Waals surface area contributed by atoms with Crippen LogP contribution in [-0.2, 0) is 9.78 Å². The highest BCUT2D eigenvalue weighted by molar-refractivity contribution is 5.00. The molecule has 0 aromatic rings. The molecule has 0 aromatic carbocycles. The second-order valence-electron chi connectivity index (χ2n) is 2.85. The standard InChI is InChI=1S/C8H16N2O2/c1-5-11-10-8(3)6-7(2)9(4)12-10/h6-7H,5H2,1-4H3. The van der Waals surface area contributed by atoms with Gasteiger partial charge in [0, 0.05) is 7.05 Å². The molecule has 0 saturated heterocycles. The zero-order chi connectivity index (χ0) is 9.14. The van der Waals surface area contributed by atoms with Crippen LogP contribution in [0.15, 0.2) is 11.8 Å². The first-order valence-electron chi connectivity index (χ1n) is 4.17. The third-order valence-corrected chi connectivity index (χ3v) is 1.79. The average molecular weight is 172 g/mol. The Bertz CT molecular complexity index is 182. The lowest BCUT2D eigenvalue weighted by Gasteiger charge is -2.34. The van der Waals surface area contributed by atoms with E-state index in [0.29, 0.717) is 12.6 Å². The van der Waals surface area contributed by atoms with Crippen molar-refractivity contribution >= 4 is 0 Å². The highest BCUT2D eigenvalue weighted by Gasteiger charge is 2.20. The van der Waals surface area contributed by atoms with E-state index in [-0.39, 0.29) is 0 Å². The molecule has 1 rings (SSSR count). The van der Waals surface area contributed by atoms with Crippen molar-refractivity contribution in [3.05, 3.63) is 11.8 Å². The van der Waals surface area contributed by atoms with Crippen LogP contribution in [0, 0.1) is 0 Å². The summed E-state index contributed by atoms with van der Waals surface area (Å²) in [5.41, 5.74) is 0.988. The number of hydrogen-bond acceptors (Lipinski definition) is 4. The lowest BCUT2D eigenvalue weighted by molar-refractivity contribution is -0.442. The molecule has 0 radical (unpaired) electrons. The number of nitrogens with zero attached hydrogens (tertiary/aromatic N) is 2. The zero-order valence-electron chi connectivity index (χ0n) is 8.07. The Morgan fingerprint density at radius 2 is 2.33 bits per heavy atom. The summed E-state index contributed by atoms with van der Waals surface area (Å²) in [6.45, 7) is 6.55. The van der Waals surface area contributed by atoms with Gasteiger partial charge in [-0.3, -0.25) is 0 Å². The molecular weight excluding hydrogens is 156 g/mol. The highest BCUT2D eigenvalue weighted by Crippen LogP contribution is 2.16. The van der Waals surface area contributed by atoms with Crippen molar-refractivity contribution < 1.29 is 9.78 Å². The van der Waals surface area contributed by atoms with E-state index in [9.17, 15) is 0 Å². The van der Waals surface area contributed by atoms with Crippen molar-refractivity contribution in [2.24, 2.45) is 0 Å². The van der Waals surface area contributed by atoms with Gasteiger partial charge in [0.2, 0.25) is 0 Å². The summed E-state index contributed by atoms with van der Waals surface area (Å²) in [6.07, 6.45) is 2.08. The Labute approximate surface area is 73.2 Å². The Kier molecular flexibility index (Phi) is 3.08. The molecule has 0 aromatic heterocycles. The maximum absolute atomic E-state index is 5.33. The Morgan fingerprint density at radius 1 is 1.67 bits per heavy atom. The fourth-order valence-corrected chi connectivity index (χ4v) is 1.01. The van der Waals surface area contributed by atoms with E-state index in [1.165, 1.54) is 5.23 Å². The summed E-state index contributed by atoms with van der Waals surface area (Å²) in [5.74, 6) is 0. The van der Waals surface area contributed by atoms with Gasteiger partial charge in [-0.05, 0) is 26.8 Å². The van der Waals surface area contributed by atoms with Crippen molar-refractivity contribution in [2.45, 2.75) is 26.8 Å². The molecule has 70 valence electrons. The van der Waals surface area contributed by atoms with Gasteiger partial charge in [0.05, 0.1) is 18.3 Å². The first-order valence-corrected chi connectivity index (χ1v) is 4.17. The van der Waals surface area contributed by atoms with E-state index < -0.39 is 0 Å². The monoisotopic (exact) mass is 172 g/mol. The van der Waals surface area contributed by atoms with Crippen LogP contribution in [0.25, 0.3) is 0 Å². The third kappa shape index (κ3) is 1.97. The summed E-state index contributed by atoms with van der Waals surface area (Å²) in [4.78, 5) is 10.5. The Hall–Kier alpha value is -0.580. The molecule has 0 amide bonds. The van der Waals surface area contributed by atoms with Gasteiger partial charge >= 0.3 is 0 Å². The minimum atomic E-state index is 0.293. The Balaban J connectivity index is 2.61. The fourth-order valence-electron chi connectivity index (χ4n) is 1.01. The summed E-state index contributed by atoms with van der Waals surface area (Å²) < 4.78 is 0. The largest absolute Gasteiger partial charge is 0.248 e. The molecule has 1 atom stereocenters. The smallest absolute Gasteiger partial charge is 0.0747 e. The predicted octanol–water partition coefficient (Wildman–Crippen LogP) is 1.32. The maximum atomic E-state index is 5.33. The molecule has 0 bridgehead atoms. The normalized spacial score (nSPS) is 25.8. The summed E-state index contributed by atoms with van der Waals surface area (Å²) in [7, 11) is 1.87. The topological polar surface area (TPSA) is 24.9 Å². The van der Waals surface area contributed by atoms with Crippen molar-refractivity contribution in [1.29, 1.82) is 0 Å². The molecule has 0 saturated carbocycles. The van der Waals surface area contributed by atoms with E-state index in [1.54, 1.807) is 5.06 Å². The molecule has 12 heavy (non-hydrogen) atoms. The van der Waals surface area contributed by atoms with Gasteiger partial charge in [-0.25, -0.2) is 4.84 Å². The lowest BCUT2D eigenvalue weighted by Crippen LogP contribution is -2.41. The average Bonchev–Trinajstić information content (AvgIpc) is 2.01. The second kappa shape index (κ2) is 3.89. The van der Waals surface area contributed by atoms with Crippen LogP contribution >= 0.6 is 0 Å². The first-order chi connectivity index (χ1) is 5.65. The highest BCUT2D eigenvalue weighted by atomic mass is 17.0. The van der Waals surface area contributed by atoms with E-state index in [1.807, 2.05) is 20.9 Å². The van der Waals surface area contributed by atoms with E-state index in [2.05, 4.69) is 13.0 Å². The van der Waals surface area contributed by atoms with Crippen LogP contribution in [0.4, 0.5) is 0 Å². The number of hydrogen-bond donors (Lipinski definition) is 0. The summed E-state index contributed by atoms with van der Waals surface area (Å²) in [5, 5.41) is 3.17. The van der Waals surface area contributed by atoms with Crippen molar-refractivity contribution in [3.8, 4) is 0 Å². The number of allylic oxidation sites excluding steroid dienone is 1. The minimum absolute atomic E-state index is 0.293. The van der Waals surface area contributed by atoms with Gasteiger partial charge in [0.15, 0.2) is 0 Å². The van der Waals surface area contributed by atoms with Crippen molar-refractivity contribution in [1.82, 2.24) is 10.3 Å². The molecule has 1 unspecified atom stereocenters. The minimum Gasteiger partial charge on any atom is -0.248 e. The molecule has 0 aliphatic carbocycles. The molecule has 1 aliphatic rings. The molecule has 4 heteroatoms. The molecule has 1 heterocycles. The van der Waals surface area contributed by atoms with Crippen LogP contribution in [0.3, 0.4) is 0 Å². The SMILES string of the molecule is CCON1ON(C)C(C)C=C1C. The van der Waals surface area contributed by atoms with Crippen LogP contribution in [0.5, 0.6) is 0 Å². The molecule has 0 fully saturated rings. The summed E-state index contributed by atoms with van der Waals surface area (Å²) in [6, 6.07) is 0.293. The maximum Gasteiger partial charge on any atom is 0.0747 e. The van der Waals surface area contributed by atoms with E-state index in [0.717, 1.165) is 5.70 Å². The quantitative estimate of drug-likeness (QED) is 0.627. The van der Waals surface area contributed by atoms with Crippen LogP contribution in [0.2, 0.25) is 0 Å². The van der Waals surface area contributed by atoms with E-state index in [4.69, 9.17) is 9.78 Å². The number of hydroxylamine groups is 4. The number of likely N-dealkylation sites (N-methyl/N-ethyl adjacent to an activating group) is 1.